The van der Waals surface area contributed by atoms with E-state index < -0.39 is 5.82 Å². The molecule has 0 saturated heterocycles. The molecule has 0 spiro atoms. The van der Waals surface area contributed by atoms with Gasteiger partial charge in [0.2, 0.25) is 0 Å². The number of hydrogen-bond donors (Lipinski definition) is 1. The van der Waals surface area contributed by atoms with Crippen molar-refractivity contribution in [1.29, 1.82) is 5.26 Å². The second-order valence-electron chi connectivity index (χ2n) is 4.65. The lowest BCUT2D eigenvalue weighted by molar-refractivity contribution is 0.301. The Balaban J connectivity index is 2.15. The van der Waals surface area contributed by atoms with Gasteiger partial charge in [0, 0.05) is 12.1 Å². The van der Waals surface area contributed by atoms with Crippen molar-refractivity contribution in [2.45, 2.75) is 20.0 Å². The summed E-state index contributed by atoms with van der Waals surface area (Å²) >= 11 is 0. The fourth-order valence-corrected chi connectivity index (χ4v) is 1.95. The lowest BCUT2D eigenvalue weighted by atomic mass is 10.1. The van der Waals surface area contributed by atoms with E-state index in [1.165, 1.54) is 12.1 Å². The minimum absolute atomic E-state index is 0.0142. The van der Waals surface area contributed by atoms with Gasteiger partial charge in [-0.3, -0.25) is 4.98 Å². The Morgan fingerprint density at radius 1 is 1.33 bits per heavy atom. The average Bonchev–Trinajstić information content (AvgIpc) is 2.48. The number of pyridine rings is 1. The van der Waals surface area contributed by atoms with Gasteiger partial charge in [0.25, 0.3) is 0 Å². The summed E-state index contributed by atoms with van der Waals surface area (Å²) < 4.78 is 19.0. The number of hydrogen-bond acceptors (Lipinski definition) is 4. The van der Waals surface area contributed by atoms with E-state index in [0.29, 0.717) is 18.7 Å². The molecular formula is C16H16FN3O. The highest BCUT2D eigenvalue weighted by molar-refractivity contribution is 5.35. The molecule has 0 aliphatic rings. The number of nitrogens with two attached hydrogens (primary N) is 1. The molecule has 0 fully saturated rings. The Kier molecular flexibility index (Phi) is 4.85. The molecule has 0 aliphatic carbocycles. The molecule has 5 heteroatoms. The van der Waals surface area contributed by atoms with Crippen LogP contribution in [0.15, 0.2) is 30.3 Å². The Bertz CT molecular complexity index is 680. The van der Waals surface area contributed by atoms with Crippen molar-refractivity contribution in [3.05, 3.63) is 58.7 Å². The van der Waals surface area contributed by atoms with E-state index >= 15 is 0 Å². The second-order valence-corrected chi connectivity index (χ2v) is 4.65. The highest BCUT2D eigenvalue weighted by atomic mass is 19.1. The summed E-state index contributed by atoms with van der Waals surface area (Å²) in [6, 6.07) is 9.88. The Hall–Kier alpha value is -2.45. The van der Waals surface area contributed by atoms with Crippen molar-refractivity contribution in [1.82, 2.24) is 4.98 Å². The van der Waals surface area contributed by atoms with Crippen LogP contribution in [0.5, 0.6) is 5.75 Å². The van der Waals surface area contributed by atoms with Gasteiger partial charge in [0.15, 0.2) is 0 Å². The first-order valence-electron chi connectivity index (χ1n) is 6.62. The number of aryl methyl sites for hydroxylation is 1. The van der Waals surface area contributed by atoms with Crippen LogP contribution < -0.4 is 10.5 Å². The maximum absolute atomic E-state index is 13.3. The molecule has 2 rings (SSSR count). The molecule has 0 amide bonds. The first-order chi connectivity index (χ1) is 10.1. The molecule has 2 aromatic rings. The smallest absolute Gasteiger partial charge is 0.141 e. The van der Waals surface area contributed by atoms with Crippen molar-refractivity contribution >= 4 is 0 Å². The van der Waals surface area contributed by atoms with Gasteiger partial charge in [-0.25, -0.2) is 4.39 Å². The molecule has 0 radical (unpaired) electrons. The Morgan fingerprint density at radius 2 is 2.14 bits per heavy atom. The van der Waals surface area contributed by atoms with Crippen molar-refractivity contribution in [2.75, 3.05) is 6.54 Å². The van der Waals surface area contributed by atoms with Crippen LogP contribution in [0.25, 0.3) is 0 Å². The molecular weight excluding hydrogens is 269 g/mol. The largest absolute Gasteiger partial charge is 0.487 e. The lowest BCUT2D eigenvalue weighted by Gasteiger charge is -2.11. The summed E-state index contributed by atoms with van der Waals surface area (Å²) in [5, 5.41) is 8.82. The molecule has 1 heterocycles. The zero-order chi connectivity index (χ0) is 15.2. The topological polar surface area (TPSA) is 71.9 Å². The highest BCUT2D eigenvalue weighted by Crippen LogP contribution is 2.19. The number of nitriles is 1. The summed E-state index contributed by atoms with van der Waals surface area (Å²) in [6.45, 7) is 2.64. The summed E-state index contributed by atoms with van der Waals surface area (Å²) in [7, 11) is 0. The Morgan fingerprint density at radius 3 is 2.86 bits per heavy atom. The number of aromatic nitrogens is 1. The summed E-state index contributed by atoms with van der Waals surface area (Å²) in [6.07, 6.45) is 0.629. The van der Waals surface area contributed by atoms with Crippen LogP contribution in [0.3, 0.4) is 0 Å². The Labute approximate surface area is 123 Å². The fourth-order valence-electron chi connectivity index (χ4n) is 1.95. The summed E-state index contributed by atoms with van der Waals surface area (Å²) in [4.78, 5) is 4.41. The van der Waals surface area contributed by atoms with Gasteiger partial charge >= 0.3 is 0 Å². The van der Waals surface area contributed by atoms with E-state index in [2.05, 4.69) is 4.98 Å². The molecule has 0 saturated carbocycles. The van der Waals surface area contributed by atoms with Crippen LogP contribution in [0.4, 0.5) is 4.39 Å². The molecule has 0 atom stereocenters. The number of benzene rings is 1. The number of rotatable bonds is 5. The number of ether oxygens (including phenoxy) is 1. The summed E-state index contributed by atoms with van der Waals surface area (Å²) in [5.41, 5.74) is 8.02. The maximum atomic E-state index is 13.3. The number of nitrogens with zero attached hydrogens (tertiary/aromatic N) is 2. The molecule has 1 aromatic carbocycles. The van der Waals surface area contributed by atoms with Crippen molar-refractivity contribution in [3.8, 4) is 11.8 Å². The van der Waals surface area contributed by atoms with Crippen LogP contribution >= 0.6 is 0 Å². The molecule has 0 aliphatic heterocycles. The van der Waals surface area contributed by atoms with Crippen molar-refractivity contribution in [2.24, 2.45) is 5.73 Å². The zero-order valence-corrected chi connectivity index (χ0v) is 11.8. The fraction of sp³-hybridized carbons (Fsp3) is 0.250. The van der Waals surface area contributed by atoms with Gasteiger partial charge in [-0.1, -0.05) is 6.07 Å². The van der Waals surface area contributed by atoms with E-state index in [4.69, 9.17) is 15.7 Å². The third-order valence-corrected chi connectivity index (χ3v) is 3.00. The predicted octanol–water partition coefficient (Wildman–Crippen LogP) is 2.48. The van der Waals surface area contributed by atoms with Crippen LogP contribution in [0.2, 0.25) is 0 Å². The number of halogens is 1. The zero-order valence-electron chi connectivity index (χ0n) is 11.8. The highest BCUT2D eigenvalue weighted by Gasteiger charge is 2.07. The van der Waals surface area contributed by atoms with Gasteiger partial charge in [0.1, 0.15) is 24.2 Å². The molecule has 1 aromatic heterocycles. The third kappa shape index (κ3) is 3.77. The predicted molar refractivity (Wildman–Crippen MR) is 77.2 cm³/mol. The molecule has 4 nitrogen and oxygen atoms in total. The molecule has 21 heavy (non-hydrogen) atoms. The van der Waals surface area contributed by atoms with E-state index in [9.17, 15) is 4.39 Å². The van der Waals surface area contributed by atoms with Gasteiger partial charge in [-0.2, -0.15) is 5.26 Å². The van der Waals surface area contributed by atoms with E-state index in [-0.39, 0.29) is 12.2 Å². The maximum Gasteiger partial charge on any atom is 0.141 e. The minimum Gasteiger partial charge on any atom is -0.487 e. The van der Waals surface area contributed by atoms with Gasteiger partial charge in [0.05, 0.1) is 11.3 Å². The molecule has 0 unspecified atom stereocenters. The van der Waals surface area contributed by atoms with Crippen molar-refractivity contribution < 1.29 is 9.13 Å². The first-order valence-corrected chi connectivity index (χ1v) is 6.62. The molecule has 108 valence electrons. The minimum atomic E-state index is -0.526. The monoisotopic (exact) mass is 285 g/mol. The van der Waals surface area contributed by atoms with Gasteiger partial charge in [-0.05, 0) is 43.3 Å². The average molecular weight is 285 g/mol. The van der Waals surface area contributed by atoms with Crippen LogP contribution in [0, 0.1) is 24.1 Å². The normalized spacial score (nSPS) is 10.2. The third-order valence-electron chi connectivity index (χ3n) is 3.00. The molecule has 2 N–H and O–H groups in total. The van der Waals surface area contributed by atoms with E-state index in [1.807, 2.05) is 25.1 Å². The summed E-state index contributed by atoms with van der Waals surface area (Å²) in [5.74, 6) is 0.135. The van der Waals surface area contributed by atoms with E-state index in [1.54, 1.807) is 6.07 Å². The van der Waals surface area contributed by atoms with Gasteiger partial charge < -0.3 is 10.5 Å². The standard InChI is InChI=1S/C16H16FN3O/c1-11-2-5-16(15(20-11)6-7-18)21-10-12-3-4-14(17)13(8-12)9-19/h2-5,8H,6-7,10,18H2,1H3. The van der Waals surface area contributed by atoms with Gasteiger partial charge in [-0.15, -0.1) is 0 Å². The van der Waals surface area contributed by atoms with Crippen LogP contribution in [0.1, 0.15) is 22.5 Å². The SMILES string of the molecule is Cc1ccc(OCc2ccc(F)c(C#N)c2)c(CCN)n1. The van der Waals surface area contributed by atoms with E-state index in [0.717, 1.165) is 17.0 Å². The van der Waals surface area contributed by atoms with Crippen LogP contribution in [-0.2, 0) is 13.0 Å². The quantitative estimate of drug-likeness (QED) is 0.916. The van der Waals surface area contributed by atoms with Crippen molar-refractivity contribution in [3.63, 3.8) is 0 Å². The second kappa shape index (κ2) is 6.82. The lowest BCUT2D eigenvalue weighted by Crippen LogP contribution is -2.08. The van der Waals surface area contributed by atoms with Crippen LogP contribution in [-0.4, -0.2) is 11.5 Å². The molecule has 0 bridgehead atoms. The first kappa shape index (κ1) is 14.9.